The number of methoxy groups -OCH3 is 1. The Morgan fingerprint density at radius 1 is 1.30 bits per heavy atom. The summed E-state index contributed by atoms with van der Waals surface area (Å²) >= 11 is 0. The lowest BCUT2D eigenvalue weighted by Crippen LogP contribution is -2.02. The molecule has 23 heavy (non-hydrogen) atoms. The largest absolute Gasteiger partial charge is 0.495 e. The highest BCUT2D eigenvalue weighted by molar-refractivity contribution is 5.93. The third kappa shape index (κ3) is 2.94. The number of rotatable bonds is 5. The number of benzene rings is 1. The second-order valence-electron chi connectivity index (χ2n) is 4.75. The van der Waals surface area contributed by atoms with Crippen molar-refractivity contribution < 1.29 is 23.8 Å². The van der Waals surface area contributed by atoms with Crippen molar-refractivity contribution in [3.05, 3.63) is 59.9 Å². The molecule has 2 heterocycles. The molecule has 0 aliphatic carbocycles. The Morgan fingerprint density at radius 3 is 2.83 bits per heavy atom. The molecule has 0 fully saturated rings. The topological polar surface area (TPSA) is 73.1 Å². The molecule has 0 bridgehead atoms. The molecule has 0 saturated heterocycles. The number of aromatic carboxylic acids is 1. The van der Waals surface area contributed by atoms with Gasteiger partial charge in [-0.3, -0.25) is 4.40 Å². The van der Waals surface area contributed by atoms with Gasteiger partial charge in [0.1, 0.15) is 23.9 Å². The lowest BCUT2D eigenvalue weighted by atomic mass is 10.3. The SMILES string of the molecule is COc1ccc2c(C(=O)O)nc(COc3cccc(F)c3)n2c1. The van der Waals surface area contributed by atoms with Crippen molar-refractivity contribution in [3.8, 4) is 11.5 Å². The van der Waals surface area contributed by atoms with E-state index < -0.39 is 11.8 Å². The molecule has 3 aromatic rings. The molecule has 0 atom stereocenters. The average molecular weight is 316 g/mol. The van der Waals surface area contributed by atoms with Crippen molar-refractivity contribution >= 4 is 11.5 Å². The van der Waals surface area contributed by atoms with Crippen LogP contribution in [0.4, 0.5) is 4.39 Å². The van der Waals surface area contributed by atoms with Crippen LogP contribution in [-0.2, 0) is 6.61 Å². The Balaban J connectivity index is 1.97. The highest BCUT2D eigenvalue weighted by atomic mass is 19.1. The Bertz CT molecular complexity index is 876. The van der Waals surface area contributed by atoms with E-state index in [9.17, 15) is 14.3 Å². The lowest BCUT2D eigenvalue weighted by Gasteiger charge is -2.06. The Hall–Kier alpha value is -3.09. The first-order valence-electron chi connectivity index (χ1n) is 6.75. The van der Waals surface area contributed by atoms with Gasteiger partial charge in [-0.2, -0.15) is 0 Å². The van der Waals surface area contributed by atoms with Gasteiger partial charge in [-0.15, -0.1) is 0 Å². The second kappa shape index (κ2) is 5.96. The third-order valence-corrected chi connectivity index (χ3v) is 3.29. The summed E-state index contributed by atoms with van der Waals surface area (Å²) in [4.78, 5) is 15.4. The molecule has 0 radical (unpaired) electrons. The molecule has 0 aliphatic rings. The van der Waals surface area contributed by atoms with E-state index >= 15 is 0 Å². The van der Waals surface area contributed by atoms with Crippen molar-refractivity contribution in [2.75, 3.05) is 7.11 Å². The van der Waals surface area contributed by atoms with Crippen LogP contribution in [0, 0.1) is 5.82 Å². The first-order valence-corrected chi connectivity index (χ1v) is 6.75. The van der Waals surface area contributed by atoms with Gasteiger partial charge in [0.15, 0.2) is 11.5 Å². The molecular weight excluding hydrogens is 303 g/mol. The van der Waals surface area contributed by atoms with E-state index in [1.54, 1.807) is 28.8 Å². The quantitative estimate of drug-likeness (QED) is 0.783. The maximum absolute atomic E-state index is 13.2. The first-order chi connectivity index (χ1) is 11.1. The highest BCUT2D eigenvalue weighted by Gasteiger charge is 2.17. The number of ether oxygens (including phenoxy) is 2. The highest BCUT2D eigenvalue weighted by Crippen LogP contribution is 2.20. The summed E-state index contributed by atoms with van der Waals surface area (Å²) in [5.74, 6) is -0.283. The fourth-order valence-corrected chi connectivity index (χ4v) is 2.21. The van der Waals surface area contributed by atoms with Crippen LogP contribution in [-0.4, -0.2) is 27.6 Å². The number of carbonyl (C=O) groups is 1. The minimum Gasteiger partial charge on any atom is -0.495 e. The van der Waals surface area contributed by atoms with Crippen molar-refractivity contribution in [2.24, 2.45) is 0 Å². The predicted molar refractivity (Wildman–Crippen MR) is 79.4 cm³/mol. The summed E-state index contributed by atoms with van der Waals surface area (Å²) in [7, 11) is 1.51. The van der Waals surface area contributed by atoms with Crippen molar-refractivity contribution in [3.63, 3.8) is 0 Å². The van der Waals surface area contributed by atoms with Crippen LogP contribution in [0.2, 0.25) is 0 Å². The van der Waals surface area contributed by atoms with Gasteiger partial charge in [0.2, 0.25) is 0 Å². The van der Waals surface area contributed by atoms with Crippen LogP contribution in [0.5, 0.6) is 11.5 Å². The van der Waals surface area contributed by atoms with Gasteiger partial charge in [0.25, 0.3) is 0 Å². The fourth-order valence-electron chi connectivity index (χ4n) is 2.21. The van der Waals surface area contributed by atoms with Gasteiger partial charge in [-0.1, -0.05) is 6.07 Å². The molecule has 1 aromatic carbocycles. The second-order valence-corrected chi connectivity index (χ2v) is 4.75. The summed E-state index contributed by atoms with van der Waals surface area (Å²) in [5.41, 5.74) is 0.349. The summed E-state index contributed by atoms with van der Waals surface area (Å²) in [5, 5.41) is 9.25. The van der Waals surface area contributed by atoms with E-state index in [1.165, 1.54) is 25.3 Å². The third-order valence-electron chi connectivity index (χ3n) is 3.29. The minimum absolute atomic E-state index is 0.00886. The molecule has 0 saturated carbocycles. The van der Waals surface area contributed by atoms with Crippen LogP contribution in [0.1, 0.15) is 16.3 Å². The fraction of sp³-hybridized carbons (Fsp3) is 0.125. The normalized spacial score (nSPS) is 10.7. The number of nitrogens with zero attached hydrogens (tertiary/aromatic N) is 2. The molecule has 0 unspecified atom stereocenters. The van der Waals surface area contributed by atoms with E-state index in [-0.39, 0.29) is 12.3 Å². The average Bonchev–Trinajstić information content (AvgIpc) is 2.91. The van der Waals surface area contributed by atoms with Crippen LogP contribution >= 0.6 is 0 Å². The van der Waals surface area contributed by atoms with Crippen LogP contribution < -0.4 is 9.47 Å². The van der Waals surface area contributed by atoms with E-state index in [2.05, 4.69) is 4.98 Å². The minimum atomic E-state index is -1.13. The van der Waals surface area contributed by atoms with Gasteiger partial charge < -0.3 is 14.6 Å². The van der Waals surface area contributed by atoms with Gasteiger partial charge in [-0.05, 0) is 24.3 Å². The van der Waals surface area contributed by atoms with Gasteiger partial charge in [0, 0.05) is 6.07 Å². The summed E-state index contributed by atoms with van der Waals surface area (Å²) in [6, 6.07) is 8.96. The molecule has 0 amide bonds. The van der Waals surface area contributed by atoms with Gasteiger partial charge >= 0.3 is 5.97 Å². The van der Waals surface area contributed by atoms with Crippen molar-refractivity contribution in [1.29, 1.82) is 0 Å². The zero-order valence-electron chi connectivity index (χ0n) is 12.2. The Morgan fingerprint density at radius 2 is 2.13 bits per heavy atom. The molecule has 2 aromatic heterocycles. The molecule has 0 spiro atoms. The number of hydrogen-bond acceptors (Lipinski definition) is 4. The number of carboxylic acids is 1. The number of pyridine rings is 1. The van der Waals surface area contributed by atoms with Crippen LogP contribution in [0.25, 0.3) is 5.52 Å². The number of halogens is 1. The van der Waals surface area contributed by atoms with E-state index in [4.69, 9.17) is 9.47 Å². The van der Waals surface area contributed by atoms with Gasteiger partial charge in [-0.25, -0.2) is 14.2 Å². The molecule has 118 valence electrons. The maximum atomic E-state index is 13.2. The zero-order valence-corrected chi connectivity index (χ0v) is 12.2. The van der Waals surface area contributed by atoms with Crippen molar-refractivity contribution in [1.82, 2.24) is 9.38 Å². The van der Waals surface area contributed by atoms with E-state index in [0.29, 0.717) is 22.8 Å². The molecule has 7 heteroatoms. The predicted octanol–water partition coefficient (Wildman–Crippen LogP) is 2.76. The first kappa shape index (κ1) is 14.8. The molecule has 3 rings (SSSR count). The Kier molecular flexibility index (Phi) is 3.84. The number of imidazole rings is 1. The molecule has 0 aliphatic heterocycles. The summed E-state index contributed by atoms with van der Waals surface area (Å²) in [6.45, 7) is -0.00886. The van der Waals surface area contributed by atoms with Crippen LogP contribution in [0.15, 0.2) is 42.6 Å². The molecule has 6 nitrogen and oxygen atoms in total. The monoisotopic (exact) mass is 316 g/mol. The molecule has 1 N–H and O–H groups in total. The zero-order chi connectivity index (χ0) is 16.4. The van der Waals surface area contributed by atoms with Crippen molar-refractivity contribution in [2.45, 2.75) is 6.61 Å². The maximum Gasteiger partial charge on any atom is 0.356 e. The standard InChI is InChI=1S/C16H13FN2O4/c1-22-12-5-6-13-15(16(20)21)18-14(19(13)8-12)9-23-11-4-2-3-10(17)7-11/h2-8H,9H2,1H3,(H,20,21). The smallest absolute Gasteiger partial charge is 0.356 e. The van der Waals surface area contributed by atoms with E-state index in [0.717, 1.165) is 0 Å². The van der Waals surface area contributed by atoms with E-state index in [1.807, 2.05) is 0 Å². The summed E-state index contributed by atoms with van der Waals surface area (Å²) < 4.78 is 25.4. The number of carboxylic acid groups (broad SMARTS) is 1. The van der Waals surface area contributed by atoms with Gasteiger partial charge in [0.05, 0.1) is 18.8 Å². The number of aromatic nitrogens is 2. The number of hydrogen-bond donors (Lipinski definition) is 1. The summed E-state index contributed by atoms with van der Waals surface area (Å²) in [6.07, 6.45) is 1.62. The Labute approximate surface area is 130 Å². The van der Waals surface area contributed by atoms with Crippen LogP contribution in [0.3, 0.4) is 0 Å². The number of fused-ring (bicyclic) bond motifs is 1. The molecular formula is C16H13FN2O4. The lowest BCUT2D eigenvalue weighted by molar-refractivity contribution is 0.0693.